The summed E-state index contributed by atoms with van der Waals surface area (Å²) in [6.45, 7) is -0.176. The molecule has 0 unspecified atom stereocenters. The second-order valence-corrected chi connectivity index (χ2v) is 5.78. The molecule has 0 aliphatic rings. The van der Waals surface area contributed by atoms with E-state index in [9.17, 15) is 4.79 Å². The molecule has 0 bridgehead atoms. The molecule has 1 N–H and O–H groups in total. The first kappa shape index (κ1) is 17.3. The van der Waals surface area contributed by atoms with Gasteiger partial charge in [-0.2, -0.15) is 5.10 Å². The van der Waals surface area contributed by atoms with Gasteiger partial charge in [0.25, 0.3) is 5.91 Å². The molecule has 0 fully saturated rings. The molecule has 2 rings (SSSR count). The molecule has 0 aliphatic heterocycles. The molecular weight excluding hydrogens is 384 g/mol. The zero-order valence-corrected chi connectivity index (χ0v) is 14.6. The SMILES string of the molecule is COc1cc(Br)ccc1OCC(=O)N/N=C/c1cccc(Cl)c1. The van der Waals surface area contributed by atoms with Crippen molar-refractivity contribution in [2.75, 3.05) is 13.7 Å². The predicted molar refractivity (Wildman–Crippen MR) is 93.4 cm³/mol. The molecule has 0 spiro atoms. The number of benzene rings is 2. The van der Waals surface area contributed by atoms with Gasteiger partial charge in [-0.3, -0.25) is 4.79 Å². The van der Waals surface area contributed by atoms with Crippen LogP contribution >= 0.6 is 27.5 Å². The van der Waals surface area contributed by atoms with Gasteiger partial charge in [0.2, 0.25) is 0 Å². The summed E-state index contributed by atoms with van der Waals surface area (Å²) < 4.78 is 11.5. The van der Waals surface area contributed by atoms with Crippen molar-refractivity contribution >= 4 is 39.7 Å². The van der Waals surface area contributed by atoms with Crippen molar-refractivity contribution < 1.29 is 14.3 Å². The normalized spacial score (nSPS) is 10.6. The van der Waals surface area contributed by atoms with E-state index >= 15 is 0 Å². The highest BCUT2D eigenvalue weighted by Crippen LogP contribution is 2.29. The highest BCUT2D eigenvalue weighted by atomic mass is 79.9. The van der Waals surface area contributed by atoms with Crippen LogP contribution in [0, 0.1) is 0 Å². The highest BCUT2D eigenvalue weighted by Gasteiger charge is 2.07. The molecule has 0 atom stereocenters. The number of halogens is 2. The molecule has 1 amide bonds. The Labute approximate surface area is 147 Å². The Kier molecular flexibility index (Phi) is 6.43. The van der Waals surface area contributed by atoms with E-state index in [4.69, 9.17) is 21.1 Å². The van der Waals surface area contributed by atoms with Gasteiger partial charge in [0, 0.05) is 9.50 Å². The van der Waals surface area contributed by atoms with Crippen molar-refractivity contribution in [3.05, 3.63) is 57.5 Å². The first-order chi connectivity index (χ1) is 11.1. The molecule has 0 aromatic heterocycles. The lowest BCUT2D eigenvalue weighted by molar-refractivity contribution is -0.123. The summed E-state index contributed by atoms with van der Waals surface area (Å²) in [7, 11) is 1.53. The summed E-state index contributed by atoms with van der Waals surface area (Å²) in [5.74, 6) is 0.632. The molecule has 23 heavy (non-hydrogen) atoms. The highest BCUT2D eigenvalue weighted by molar-refractivity contribution is 9.10. The van der Waals surface area contributed by atoms with Gasteiger partial charge >= 0.3 is 0 Å². The zero-order chi connectivity index (χ0) is 16.7. The van der Waals surface area contributed by atoms with Crippen LogP contribution in [0.15, 0.2) is 52.0 Å². The van der Waals surface area contributed by atoms with E-state index in [1.165, 1.54) is 13.3 Å². The van der Waals surface area contributed by atoms with Crippen LogP contribution in [0.1, 0.15) is 5.56 Å². The Morgan fingerprint density at radius 2 is 2.13 bits per heavy atom. The zero-order valence-electron chi connectivity index (χ0n) is 12.3. The molecule has 0 radical (unpaired) electrons. The van der Waals surface area contributed by atoms with Gasteiger partial charge < -0.3 is 9.47 Å². The van der Waals surface area contributed by atoms with Crippen LogP contribution in [0.4, 0.5) is 0 Å². The van der Waals surface area contributed by atoms with E-state index in [2.05, 4.69) is 26.5 Å². The van der Waals surface area contributed by atoms with Crippen molar-refractivity contribution in [3.63, 3.8) is 0 Å². The number of methoxy groups -OCH3 is 1. The molecule has 0 saturated heterocycles. The van der Waals surface area contributed by atoms with Crippen molar-refractivity contribution in [2.45, 2.75) is 0 Å². The Morgan fingerprint density at radius 3 is 2.87 bits per heavy atom. The van der Waals surface area contributed by atoms with Gasteiger partial charge in [-0.25, -0.2) is 5.43 Å². The van der Waals surface area contributed by atoms with E-state index in [0.717, 1.165) is 10.0 Å². The molecule has 2 aromatic rings. The number of ether oxygens (including phenoxy) is 2. The average Bonchev–Trinajstić information content (AvgIpc) is 2.53. The number of amides is 1. The van der Waals surface area contributed by atoms with Gasteiger partial charge in [0.05, 0.1) is 13.3 Å². The van der Waals surface area contributed by atoms with Crippen molar-refractivity contribution in [2.24, 2.45) is 5.10 Å². The first-order valence-electron chi connectivity index (χ1n) is 6.62. The molecule has 0 saturated carbocycles. The Morgan fingerprint density at radius 1 is 1.30 bits per heavy atom. The summed E-state index contributed by atoms with van der Waals surface area (Å²) >= 11 is 9.19. The minimum absolute atomic E-state index is 0.176. The maximum absolute atomic E-state index is 11.7. The number of hydrogen-bond acceptors (Lipinski definition) is 4. The van der Waals surface area contributed by atoms with Crippen LogP contribution in [-0.2, 0) is 4.79 Å². The van der Waals surface area contributed by atoms with E-state index < -0.39 is 0 Å². The van der Waals surface area contributed by atoms with Crippen molar-refractivity contribution in [3.8, 4) is 11.5 Å². The minimum Gasteiger partial charge on any atom is -0.493 e. The standard InChI is InChI=1S/C16H14BrClN2O3/c1-22-15-8-12(17)5-6-14(15)23-10-16(21)20-19-9-11-3-2-4-13(18)7-11/h2-9H,10H2,1H3,(H,20,21)/b19-9+. The van der Waals surface area contributed by atoms with Crippen LogP contribution in [-0.4, -0.2) is 25.8 Å². The Bertz CT molecular complexity index is 722. The Balaban J connectivity index is 1.86. The maximum Gasteiger partial charge on any atom is 0.277 e. The van der Waals surface area contributed by atoms with Gasteiger partial charge in [-0.05, 0) is 35.9 Å². The second-order valence-electron chi connectivity index (χ2n) is 4.43. The molecule has 0 heterocycles. The van der Waals surface area contributed by atoms with Gasteiger partial charge in [0.1, 0.15) is 0 Å². The fourth-order valence-corrected chi connectivity index (χ4v) is 2.24. The monoisotopic (exact) mass is 396 g/mol. The fraction of sp³-hybridized carbons (Fsp3) is 0.125. The lowest BCUT2D eigenvalue weighted by Crippen LogP contribution is -2.24. The molecule has 120 valence electrons. The molecular formula is C16H14BrClN2O3. The number of hydrazone groups is 1. The third-order valence-electron chi connectivity index (χ3n) is 2.74. The smallest absolute Gasteiger partial charge is 0.277 e. The van der Waals surface area contributed by atoms with Crippen LogP contribution < -0.4 is 14.9 Å². The van der Waals surface area contributed by atoms with Gasteiger partial charge in [-0.15, -0.1) is 0 Å². The number of rotatable bonds is 6. The fourth-order valence-electron chi connectivity index (χ4n) is 1.70. The van der Waals surface area contributed by atoms with E-state index in [-0.39, 0.29) is 12.5 Å². The number of nitrogens with zero attached hydrogens (tertiary/aromatic N) is 1. The number of hydrogen-bond donors (Lipinski definition) is 1. The predicted octanol–water partition coefficient (Wildman–Crippen LogP) is 3.64. The topological polar surface area (TPSA) is 59.9 Å². The van der Waals surface area contributed by atoms with Crippen molar-refractivity contribution in [1.82, 2.24) is 5.43 Å². The largest absolute Gasteiger partial charge is 0.493 e. The minimum atomic E-state index is -0.381. The summed E-state index contributed by atoms with van der Waals surface area (Å²) in [4.78, 5) is 11.7. The summed E-state index contributed by atoms with van der Waals surface area (Å²) in [6.07, 6.45) is 1.50. The van der Waals surface area contributed by atoms with E-state index in [1.54, 1.807) is 36.4 Å². The maximum atomic E-state index is 11.7. The quantitative estimate of drug-likeness (QED) is 0.598. The van der Waals surface area contributed by atoms with Crippen molar-refractivity contribution in [1.29, 1.82) is 0 Å². The molecule has 5 nitrogen and oxygen atoms in total. The summed E-state index contributed by atoms with van der Waals surface area (Å²) in [5, 5.41) is 4.45. The third kappa shape index (κ3) is 5.58. The summed E-state index contributed by atoms with van der Waals surface area (Å²) in [5.41, 5.74) is 3.17. The second kappa shape index (κ2) is 8.55. The Hall–Kier alpha value is -2.05. The average molecular weight is 398 g/mol. The van der Waals surface area contributed by atoms with Crippen LogP contribution in [0.3, 0.4) is 0 Å². The van der Waals surface area contributed by atoms with Crippen LogP contribution in [0.25, 0.3) is 0 Å². The molecule has 0 aliphatic carbocycles. The lowest BCUT2D eigenvalue weighted by Gasteiger charge is -2.10. The lowest BCUT2D eigenvalue weighted by atomic mass is 10.2. The molecule has 7 heteroatoms. The van der Waals surface area contributed by atoms with E-state index in [1.807, 2.05) is 6.07 Å². The number of carbonyl (C=O) groups is 1. The number of carbonyl (C=O) groups excluding carboxylic acids is 1. The molecule has 2 aromatic carbocycles. The van der Waals surface area contributed by atoms with Gasteiger partial charge in [-0.1, -0.05) is 39.7 Å². The van der Waals surface area contributed by atoms with Crippen LogP contribution in [0.5, 0.6) is 11.5 Å². The first-order valence-corrected chi connectivity index (χ1v) is 7.79. The van der Waals surface area contributed by atoms with Crippen LogP contribution in [0.2, 0.25) is 5.02 Å². The number of nitrogens with one attached hydrogen (secondary N) is 1. The summed E-state index contributed by atoms with van der Waals surface area (Å²) in [6, 6.07) is 12.4. The van der Waals surface area contributed by atoms with E-state index in [0.29, 0.717) is 16.5 Å². The van der Waals surface area contributed by atoms with Gasteiger partial charge in [0.15, 0.2) is 18.1 Å². The third-order valence-corrected chi connectivity index (χ3v) is 3.46.